The molecule has 0 spiro atoms. The Labute approximate surface area is 110 Å². The molecule has 1 heterocycles. The van der Waals surface area contributed by atoms with Crippen molar-refractivity contribution in [3.05, 3.63) is 29.3 Å². The highest BCUT2D eigenvalue weighted by molar-refractivity contribution is 5.40. The molecule has 0 aliphatic carbocycles. The average molecular weight is 261 g/mol. The smallest absolute Gasteiger partial charge is 0.330 e. The van der Waals surface area contributed by atoms with E-state index in [1.165, 1.54) is 7.11 Å². The van der Waals surface area contributed by atoms with Crippen LogP contribution in [-0.4, -0.2) is 22.1 Å². The predicted molar refractivity (Wildman–Crippen MR) is 70.2 cm³/mol. The van der Waals surface area contributed by atoms with Gasteiger partial charge in [0.1, 0.15) is 5.75 Å². The highest BCUT2D eigenvalue weighted by Crippen LogP contribution is 2.25. The van der Waals surface area contributed by atoms with Gasteiger partial charge in [-0.3, -0.25) is 5.43 Å². The van der Waals surface area contributed by atoms with Crippen LogP contribution >= 0.6 is 0 Å². The first-order valence-electron chi connectivity index (χ1n) is 5.64. The van der Waals surface area contributed by atoms with E-state index in [4.69, 9.17) is 15.3 Å². The second-order valence-corrected chi connectivity index (χ2v) is 3.87. The van der Waals surface area contributed by atoms with Crippen LogP contribution in [0.5, 0.6) is 17.8 Å². The summed E-state index contributed by atoms with van der Waals surface area (Å²) in [6, 6.07) is 5.99. The molecular formula is C12H15N5O2. The third-order valence-electron chi connectivity index (χ3n) is 2.66. The molecule has 0 radical (unpaired) electrons. The minimum Gasteiger partial charge on any atom is -0.467 e. The molecular weight excluding hydrogens is 246 g/mol. The highest BCUT2D eigenvalue weighted by atomic mass is 16.5. The fourth-order valence-corrected chi connectivity index (χ4v) is 1.47. The fourth-order valence-electron chi connectivity index (χ4n) is 1.47. The quantitative estimate of drug-likeness (QED) is 0.637. The lowest BCUT2D eigenvalue weighted by atomic mass is 10.1. The number of hydrogen-bond donors (Lipinski definition) is 2. The van der Waals surface area contributed by atoms with Crippen LogP contribution in [0, 0.1) is 13.8 Å². The van der Waals surface area contributed by atoms with E-state index < -0.39 is 0 Å². The van der Waals surface area contributed by atoms with Gasteiger partial charge >= 0.3 is 12.0 Å². The number of hydrazine groups is 1. The Balaban J connectivity index is 2.34. The van der Waals surface area contributed by atoms with Gasteiger partial charge in [-0.2, -0.15) is 9.97 Å². The molecule has 19 heavy (non-hydrogen) atoms. The van der Waals surface area contributed by atoms with Crippen LogP contribution < -0.4 is 20.7 Å². The number of anilines is 1. The Kier molecular flexibility index (Phi) is 3.76. The van der Waals surface area contributed by atoms with Gasteiger partial charge in [-0.15, -0.1) is 4.98 Å². The molecule has 0 aliphatic rings. The molecule has 7 nitrogen and oxygen atoms in total. The number of ether oxygens (including phenoxy) is 2. The number of methoxy groups -OCH3 is 1. The molecule has 0 amide bonds. The number of rotatable bonds is 4. The minimum atomic E-state index is 0.119. The predicted octanol–water partition coefficient (Wildman–Crippen LogP) is 1.57. The molecule has 0 saturated heterocycles. The summed E-state index contributed by atoms with van der Waals surface area (Å²) in [5.41, 5.74) is 4.47. The van der Waals surface area contributed by atoms with Crippen molar-refractivity contribution in [1.82, 2.24) is 15.0 Å². The van der Waals surface area contributed by atoms with E-state index in [-0.39, 0.29) is 18.0 Å². The lowest BCUT2D eigenvalue weighted by Crippen LogP contribution is -2.12. The lowest BCUT2D eigenvalue weighted by molar-refractivity contribution is 0.359. The van der Waals surface area contributed by atoms with Crippen molar-refractivity contribution < 1.29 is 9.47 Å². The average Bonchev–Trinajstić information content (AvgIpc) is 2.43. The van der Waals surface area contributed by atoms with Gasteiger partial charge in [-0.1, -0.05) is 12.1 Å². The van der Waals surface area contributed by atoms with Crippen LogP contribution in [0.1, 0.15) is 11.1 Å². The largest absolute Gasteiger partial charge is 0.467 e. The molecule has 2 aromatic rings. The number of nitrogens with two attached hydrogens (primary N) is 1. The maximum Gasteiger partial charge on any atom is 0.330 e. The molecule has 0 saturated carbocycles. The monoisotopic (exact) mass is 261 g/mol. The maximum absolute atomic E-state index is 5.64. The topological polar surface area (TPSA) is 95.2 Å². The summed E-state index contributed by atoms with van der Waals surface area (Å²) in [5, 5.41) is 0. The summed E-state index contributed by atoms with van der Waals surface area (Å²) in [6.07, 6.45) is 0. The van der Waals surface area contributed by atoms with Gasteiger partial charge in [0.15, 0.2) is 0 Å². The summed E-state index contributed by atoms with van der Waals surface area (Å²) in [6.45, 7) is 3.97. The standard InChI is InChI=1S/C12H15N5O2/c1-7-5-4-6-9(8(7)2)19-12-15-10(17-13)14-11(16-12)18-3/h4-6H,13H2,1-3H3,(H,14,15,16,17). The van der Waals surface area contributed by atoms with Crippen molar-refractivity contribution in [1.29, 1.82) is 0 Å². The molecule has 0 unspecified atom stereocenters. The van der Waals surface area contributed by atoms with E-state index in [0.29, 0.717) is 5.75 Å². The van der Waals surface area contributed by atoms with Crippen molar-refractivity contribution in [2.24, 2.45) is 5.84 Å². The molecule has 0 atom stereocenters. The summed E-state index contributed by atoms with van der Waals surface area (Å²) in [5.74, 6) is 6.13. The third kappa shape index (κ3) is 2.89. The molecule has 0 fully saturated rings. The molecule has 3 N–H and O–H groups in total. The second kappa shape index (κ2) is 5.49. The van der Waals surface area contributed by atoms with E-state index in [0.717, 1.165) is 11.1 Å². The fraction of sp³-hybridized carbons (Fsp3) is 0.250. The van der Waals surface area contributed by atoms with Crippen molar-refractivity contribution in [3.8, 4) is 17.8 Å². The Morgan fingerprint density at radius 2 is 1.84 bits per heavy atom. The van der Waals surface area contributed by atoms with Crippen molar-refractivity contribution in [2.45, 2.75) is 13.8 Å². The van der Waals surface area contributed by atoms with Crippen molar-refractivity contribution in [2.75, 3.05) is 12.5 Å². The minimum absolute atomic E-state index is 0.119. The second-order valence-electron chi connectivity index (χ2n) is 3.87. The van der Waals surface area contributed by atoms with Gasteiger partial charge in [0.05, 0.1) is 7.11 Å². The first kappa shape index (κ1) is 13.0. The Hall–Kier alpha value is -2.41. The summed E-state index contributed by atoms with van der Waals surface area (Å²) in [7, 11) is 1.46. The molecule has 100 valence electrons. The molecule has 2 rings (SSSR count). The van der Waals surface area contributed by atoms with Gasteiger partial charge in [-0.05, 0) is 31.0 Å². The van der Waals surface area contributed by atoms with Gasteiger partial charge < -0.3 is 9.47 Å². The number of aromatic nitrogens is 3. The first-order valence-corrected chi connectivity index (χ1v) is 5.64. The summed E-state index contributed by atoms with van der Waals surface area (Å²) < 4.78 is 10.6. The Morgan fingerprint density at radius 1 is 1.11 bits per heavy atom. The summed E-state index contributed by atoms with van der Waals surface area (Å²) >= 11 is 0. The number of benzene rings is 1. The SMILES string of the molecule is COc1nc(NN)nc(Oc2cccc(C)c2C)n1. The van der Waals surface area contributed by atoms with Gasteiger partial charge in [-0.25, -0.2) is 5.84 Å². The maximum atomic E-state index is 5.64. The van der Waals surface area contributed by atoms with Crippen LogP contribution in [0.15, 0.2) is 18.2 Å². The van der Waals surface area contributed by atoms with Crippen LogP contribution in [0.2, 0.25) is 0 Å². The Morgan fingerprint density at radius 3 is 2.53 bits per heavy atom. The van der Waals surface area contributed by atoms with Crippen molar-refractivity contribution in [3.63, 3.8) is 0 Å². The van der Waals surface area contributed by atoms with E-state index >= 15 is 0 Å². The molecule has 1 aromatic carbocycles. The number of nitrogens with one attached hydrogen (secondary N) is 1. The summed E-state index contributed by atoms with van der Waals surface area (Å²) in [4.78, 5) is 11.9. The van der Waals surface area contributed by atoms with E-state index in [1.807, 2.05) is 32.0 Å². The van der Waals surface area contributed by atoms with Gasteiger partial charge in [0, 0.05) is 0 Å². The van der Waals surface area contributed by atoms with E-state index in [1.54, 1.807) is 0 Å². The van der Waals surface area contributed by atoms with Crippen molar-refractivity contribution >= 4 is 5.95 Å². The third-order valence-corrected chi connectivity index (χ3v) is 2.66. The molecule has 0 bridgehead atoms. The molecule has 1 aromatic heterocycles. The zero-order valence-corrected chi connectivity index (χ0v) is 11.0. The van der Waals surface area contributed by atoms with Crippen LogP contribution in [0.4, 0.5) is 5.95 Å². The Bertz CT molecular complexity index is 566. The number of nitrogens with zero attached hydrogens (tertiary/aromatic N) is 3. The molecule has 0 aliphatic heterocycles. The lowest BCUT2D eigenvalue weighted by Gasteiger charge is -2.10. The normalized spacial score (nSPS) is 10.1. The zero-order chi connectivity index (χ0) is 13.8. The number of aryl methyl sites for hydroxylation is 1. The number of nitrogen functional groups attached to an aromatic ring is 1. The van der Waals surface area contributed by atoms with Crippen LogP contribution in [0.25, 0.3) is 0 Å². The molecule has 7 heteroatoms. The van der Waals surface area contributed by atoms with E-state index in [2.05, 4.69) is 20.4 Å². The first-order chi connectivity index (χ1) is 9.13. The highest BCUT2D eigenvalue weighted by Gasteiger charge is 2.10. The van der Waals surface area contributed by atoms with Gasteiger partial charge in [0.2, 0.25) is 5.95 Å². The van der Waals surface area contributed by atoms with Gasteiger partial charge in [0.25, 0.3) is 0 Å². The van der Waals surface area contributed by atoms with E-state index in [9.17, 15) is 0 Å². The van der Waals surface area contributed by atoms with Crippen LogP contribution in [-0.2, 0) is 0 Å². The number of hydrogen-bond acceptors (Lipinski definition) is 7. The zero-order valence-electron chi connectivity index (χ0n) is 11.0. The van der Waals surface area contributed by atoms with Crippen LogP contribution in [0.3, 0.4) is 0 Å².